The third-order valence-electron chi connectivity index (χ3n) is 2.74. The summed E-state index contributed by atoms with van der Waals surface area (Å²) in [5.74, 6) is 0. The molecule has 0 atom stereocenters. The number of hydrogen-bond donors (Lipinski definition) is 0. The molecule has 3 aromatic rings. The fraction of sp³-hybridized carbons (Fsp3) is 0.0769. The first kappa shape index (κ1) is 12.9. The maximum atomic E-state index is 12.6. The molecule has 3 rings (SSSR count). The SMILES string of the molecule is FC(F)(F)c1cc2nc(-c3ccccc3)cc(Cl)n2n1. The summed E-state index contributed by atoms with van der Waals surface area (Å²) in [4.78, 5) is 4.16. The first-order chi connectivity index (χ1) is 9.45. The lowest BCUT2D eigenvalue weighted by atomic mass is 10.1. The highest BCUT2D eigenvalue weighted by Crippen LogP contribution is 2.30. The van der Waals surface area contributed by atoms with E-state index in [9.17, 15) is 13.2 Å². The predicted molar refractivity (Wildman–Crippen MR) is 68.4 cm³/mol. The standard InChI is InChI=1S/C13H7ClF3N3/c14-11-6-9(8-4-2-1-3-5-8)18-12-7-10(13(15,16)17)19-20(11)12/h1-7H. The smallest absolute Gasteiger partial charge is 0.228 e. The monoisotopic (exact) mass is 297 g/mol. The van der Waals surface area contributed by atoms with Crippen molar-refractivity contribution in [3.8, 4) is 11.3 Å². The summed E-state index contributed by atoms with van der Waals surface area (Å²) in [6.07, 6.45) is -4.52. The fourth-order valence-electron chi connectivity index (χ4n) is 1.83. The van der Waals surface area contributed by atoms with Gasteiger partial charge in [-0.15, -0.1) is 0 Å². The van der Waals surface area contributed by atoms with Crippen LogP contribution >= 0.6 is 11.6 Å². The van der Waals surface area contributed by atoms with Crippen molar-refractivity contribution in [1.29, 1.82) is 0 Å². The average Bonchev–Trinajstić information content (AvgIpc) is 2.84. The van der Waals surface area contributed by atoms with Gasteiger partial charge in [0.1, 0.15) is 5.15 Å². The van der Waals surface area contributed by atoms with Crippen molar-refractivity contribution in [2.45, 2.75) is 6.18 Å². The number of alkyl halides is 3. The van der Waals surface area contributed by atoms with E-state index < -0.39 is 11.9 Å². The van der Waals surface area contributed by atoms with Gasteiger partial charge in [0.05, 0.1) is 5.69 Å². The Labute approximate surface area is 116 Å². The van der Waals surface area contributed by atoms with Crippen LogP contribution in [0.5, 0.6) is 0 Å². The van der Waals surface area contributed by atoms with Gasteiger partial charge in [0.15, 0.2) is 11.3 Å². The molecule has 2 aromatic heterocycles. The Kier molecular flexibility index (Phi) is 2.90. The van der Waals surface area contributed by atoms with Crippen molar-refractivity contribution >= 4 is 17.2 Å². The summed E-state index contributed by atoms with van der Waals surface area (Å²) < 4.78 is 38.9. The molecule has 0 amide bonds. The van der Waals surface area contributed by atoms with Crippen molar-refractivity contribution in [2.24, 2.45) is 0 Å². The van der Waals surface area contributed by atoms with Gasteiger partial charge in [-0.05, 0) is 0 Å². The Bertz CT molecular complexity index is 766. The molecule has 0 bridgehead atoms. The van der Waals surface area contributed by atoms with Crippen molar-refractivity contribution in [3.05, 3.63) is 53.3 Å². The zero-order chi connectivity index (χ0) is 14.3. The molecule has 0 N–H and O–H groups in total. The Hall–Kier alpha value is -2.08. The van der Waals surface area contributed by atoms with Crippen LogP contribution < -0.4 is 0 Å². The van der Waals surface area contributed by atoms with E-state index in [0.29, 0.717) is 5.69 Å². The van der Waals surface area contributed by atoms with Crippen LogP contribution in [0.4, 0.5) is 13.2 Å². The second-order valence-corrected chi connectivity index (χ2v) is 4.51. The Morgan fingerprint density at radius 3 is 2.40 bits per heavy atom. The second-order valence-electron chi connectivity index (χ2n) is 4.13. The molecule has 0 saturated carbocycles. The summed E-state index contributed by atoms with van der Waals surface area (Å²) in [6.45, 7) is 0. The molecular weight excluding hydrogens is 291 g/mol. The first-order valence-corrected chi connectivity index (χ1v) is 6.02. The average molecular weight is 298 g/mol. The lowest BCUT2D eigenvalue weighted by molar-refractivity contribution is -0.141. The number of rotatable bonds is 1. The van der Waals surface area contributed by atoms with E-state index in [1.165, 1.54) is 6.07 Å². The molecule has 102 valence electrons. The van der Waals surface area contributed by atoms with Gasteiger partial charge < -0.3 is 0 Å². The van der Waals surface area contributed by atoms with E-state index in [1.54, 1.807) is 12.1 Å². The van der Waals surface area contributed by atoms with Crippen molar-refractivity contribution in [3.63, 3.8) is 0 Å². The van der Waals surface area contributed by atoms with Crippen LogP contribution in [0.3, 0.4) is 0 Å². The van der Waals surface area contributed by atoms with Crippen molar-refractivity contribution in [1.82, 2.24) is 14.6 Å². The minimum absolute atomic E-state index is 0.0590. The largest absolute Gasteiger partial charge is 0.435 e. The lowest BCUT2D eigenvalue weighted by Gasteiger charge is -2.03. The molecule has 20 heavy (non-hydrogen) atoms. The van der Waals surface area contributed by atoms with Gasteiger partial charge >= 0.3 is 6.18 Å². The van der Waals surface area contributed by atoms with E-state index in [1.807, 2.05) is 18.2 Å². The summed E-state index contributed by atoms with van der Waals surface area (Å²) >= 11 is 5.97. The van der Waals surface area contributed by atoms with Crippen LogP contribution in [-0.2, 0) is 6.18 Å². The van der Waals surface area contributed by atoms with Gasteiger partial charge in [-0.3, -0.25) is 0 Å². The number of benzene rings is 1. The van der Waals surface area contributed by atoms with Crippen LogP contribution in [-0.4, -0.2) is 14.6 Å². The van der Waals surface area contributed by atoms with E-state index in [-0.39, 0.29) is 10.8 Å². The molecule has 0 spiro atoms. The highest BCUT2D eigenvalue weighted by molar-refractivity contribution is 6.30. The molecule has 3 nitrogen and oxygen atoms in total. The summed E-state index contributed by atoms with van der Waals surface area (Å²) in [5, 5.41) is 3.49. The zero-order valence-electron chi connectivity index (χ0n) is 9.89. The second kappa shape index (κ2) is 4.49. The molecule has 0 radical (unpaired) electrons. The van der Waals surface area contributed by atoms with Gasteiger partial charge in [0.25, 0.3) is 0 Å². The third-order valence-corrected chi connectivity index (χ3v) is 3.01. The number of hydrogen-bond acceptors (Lipinski definition) is 2. The minimum Gasteiger partial charge on any atom is -0.228 e. The van der Waals surface area contributed by atoms with Gasteiger partial charge in [-0.25, -0.2) is 9.50 Å². The van der Waals surface area contributed by atoms with E-state index in [4.69, 9.17) is 11.6 Å². The summed E-state index contributed by atoms with van der Waals surface area (Å²) in [6, 6.07) is 11.4. The maximum absolute atomic E-state index is 12.6. The topological polar surface area (TPSA) is 30.2 Å². The summed E-state index contributed by atoms with van der Waals surface area (Å²) in [7, 11) is 0. The zero-order valence-corrected chi connectivity index (χ0v) is 10.7. The molecule has 0 fully saturated rings. The van der Waals surface area contributed by atoms with Crippen LogP contribution in [0.15, 0.2) is 42.5 Å². The van der Waals surface area contributed by atoms with Crippen LogP contribution in [0, 0.1) is 0 Å². The number of fused-ring (bicyclic) bond motifs is 1. The molecule has 1 aromatic carbocycles. The van der Waals surface area contributed by atoms with Gasteiger partial charge in [-0.2, -0.15) is 18.3 Å². The van der Waals surface area contributed by atoms with Gasteiger partial charge in [-0.1, -0.05) is 41.9 Å². The van der Waals surface area contributed by atoms with E-state index in [0.717, 1.165) is 16.1 Å². The lowest BCUT2D eigenvalue weighted by Crippen LogP contribution is -2.05. The maximum Gasteiger partial charge on any atom is 0.435 e. The first-order valence-electron chi connectivity index (χ1n) is 5.64. The third kappa shape index (κ3) is 2.22. The fourth-order valence-corrected chi connectivity index (χ4v) is 2.06. The molecule has 2 heterocycles. The molecule has 0 aliphatic heterocycles. The molecule has 7 heteroatoms. The van der Waals surface area contributed by atoms with Crippen molar-refractivity contribution in [2.75, 3.05) is 0 Å². The highest BCUT2D eigenvalue weighted by Gasteiger charge is 2.34. The van der Waals surface area contributed by atoms with Crippen LogP contribution in [0.25, 0.3) is 16.9 Å². The Morgan fingerprint density at radius 1 is 1.05 bits per heavy atom. The minimum atomic E-state index is -4.52. The van der Waals surface area contributed by atoms with Crippen LogP contribution in [0.2, 0.25) is 5.15 Å². The molecule has 0 unspecified atom stereocenters. The Morgan fingerprint density at radius 2 is 1.75 bits per heavy atom. The van der Waals surface area contributed by atoms with Gasteiger partial charge in [0.2, 0.25) is 0 Å². The summed E-state index contributed by atoms with van der Waals surface area (Å²) in [5.41, 5.74) is 0.309. The van der Waals surface area contributed by atoms with E-state index >= 15 is 0 Å². The Balaban J connectivity index is 2.19. The number of halogens is 4. The predicted octanol–water partition coefficient (Wildman–Crippen LogP) is 4.07. The van der Waals surface area contributed by atoms with Crippen molar-refractivity contribution < 1.29 is 13.2 Å². The van der Waals surface area contributed by atoms with E-state index in [2.05, 4.69) is 10.1 Å². The molecule has 0 aliphatic carbocycles. The molecular formula is C13H7ClF3N3. The molecule has 0 saturated heterocycles. The number of aromatic nitrogens is 3. The number of nitrogens with zero attached hydrogens (tertiary/aromatic N) is 3. The highest BCUT2D eigenvalue weighted by atomic mass is 35.5. The van der Waals surface area contributed by atoms with Gasteiger partial charge in [0, 0.05) is 17.7 Å². The van der Waals surface area contributed by atoms with Crippen LogP contribution in [0.1, 0.15) is 5.69 Å². The normalized spacial score (nSPS) is 12.0. The molecule has 0 aliphatic rings. The quantitative estimate of drug-likeness (QED) is 0.634.